The molecule has 0 unspecified atom stereocenters. The van der Waals surface area contributed by atoms with Crippen molar-refractivity contribution in [2.75, 3.05) is 7.05 Å². The third kappa shape index (κ3) is 3.79. The third-order valence-corrected chi connectivity index (χ3v) is 4.35. The van der Waals surface area contributed by atoms with Crippen molar-refractivity contribution in [1.29, 1.82) is 0 Å². The van der Waals surface area contributed by atoms with Crippen LogP contribution >= 0.6 is 15.9 Å². The lowest BCUT2D eigenvalue weighted by Gasteiger charge is -2.25. The number of hydrogen-bond donors (Lipinski definition) is 1. The van der Waals surface area contributed by atoms with E-state index in [0.717, 1.165) is 17.3 Å². The minimum absolute atomic E-state index is 0.124. The lowest BCUT2D eigenvalue weighted by Crippen LogP contribution is -2.35. The van der Waals surface area contributed by atoms with Crippen LogP contribution < -0.4 is 0 Å². The summed E-state index contributed by atoms with van der Waals surface area (Å²) in [6.45, 7) is 0.209. The number of nitrogens with zero attached hydrogens (tertiary/aromatic N) is 1. The fourth-order valence-electron chi connectivity index (χ4n) is 2.63. The van der Waals surface area contributed by atoms with Crippen molar-refractivity contribution < 1.29 is 14.3 Å². The molecule has 1 aliphatic rings. The summed E-state index contributed by atoms with van der Waals surface area (Å²) in [5.41, 5.74) is -0.394. The number of carbonyl (C=O) groups excluding carboxylic acids is 1. The van der Waals surface area contributed by atoms with Crippen LogP contribution in [-0.4, -0.2) is 28.6 Å². The topological polar surface area (TPSA) is 40.5 Å². The highest BCUT2D eigenvalue weighted by atomic mass is 79.9. The van der Waals surface area contributed by atoms with Gasteiger partial charge in [0.2, 0.25) is 5.91 Å². The minimum atomic E-state index is -0.860. The van der Waals surface area contributed by atoms with E-state index in [4.69, 9.17) is 0 Å². The van der Waals surface area contributed by atoms with Gasteiger partial charge in [-0.2, -0.15) is 0 Å². The molecule has 0 atom stereocenters. The standard InChI is InChI=1S/C15H19BrFNO2/c1-18(10-11-8-12(16)4-5-13(11)17)14(19)9-15(20)6-2-3-7-15/h4-5,8,20H,2-3,6-7,9-10H2,1H3. The van der Waals surface area contributed by atoms with E-state index in [1.165, 1.54) is 11.0 Å². The second-order valence-electron chi connectivity index (χ2n) is 5.59. The number of halogens is 2. The third-order valence-electron chi connectivity index (χ3n) is 3.86. The summed E-state index contributed by atoms with van der Waals surface area (Å²) in [6.07, 6.45) is 3.41. The minimum Gasteiger partial charge on any atom is -0.389 e. The Morgan fingerprint density at radius 1 is 1.45 bits per heavy atom. The fraction of sp³-hybridized carbons (Fsp3) is 0.533. The molecule has 1 fully saturated rings. The Balaban J connectivity index is 1.98. The van der Waals surface area contributed by atoms with Crippen LogP contribution in [0.3, 0.4) is 0 Å². The number of benzene rings is 1. The zero-order valence-electron chi connectivity index (χ0n) is 11.5. The maximum Gasteiger partial charge on any atom is 0.225 e. The van der Waals surface area contributed by atoms with E-state index < -0.39 is 5.60 Å². The largest absolute Gasteiger partial charge is 0.389 e. The molecule has 0 aliphatic heterocycles. The van der Waals surface area contributed by atoms with E-state index in [0.29, 0.717) is 18.4 Å². The van der Waals surface area contributed by atoms with Crippen molar-refractivity contribution in [2.24, 2.45) is 0 Å². The van der Waals surface area contributed by atoms with E-state index in [1.54, 1.807) is 19.2 Å². The smallest absolute Gasteiger partial charge is 0.225 e. The Bertz CT molecular complexity index is 501. The molecule has 1 aliphatic carbocycles. The van der Waals surface area contributed by atoms with E-state index in [9.17, 15) is 14.3 Å². The first kappa shape index (κ1) is 15.4. The van der Waals surface area contributed by atoms with Crippen LogP contribution in [0.2, 0.25) is 0 Å². The molecule has 1 saturated carbocycles. The number of aliphatic hydroxyl groups is 1. The predicted octanol–water partition coefficient (Wildman–Crippen LogP) is 3.24. The van der Waals surface area contributed by atoms with Crippen molar-refractivity contribution in [2.45, 2.75) is 44.2 Å². The van der Waals surface area contributed by atoms with Crippen LogP contribution in [0.25, 0.3) is 0 Å². The second kappa shape index (κ2) is 6.22. The predicted molar refractivity (Wildman–Crippen MR) is 78.6 cm³/mol. The summed E-state index contributed by atoms with van der Waals surface area (Å²) < 4.78 is 14.4. The van der Waals surface area contributed by atoms with Gasteiger partial charge in [-0.1, -0.05) is 28.8 Å². The molecule has 0 bridgehead atoms. The van der Waals surface area contributed by atoms with Crippen LogP contribution in [-0.2, 0) is 11.3 Å². The Labute approximate surface area is 126 Å². The number of rotatable bonds is 4. The molecule has 5 heteroatoms. The van der Waals surface area contributed by atoms with E-state index in [1.807, 2.05) is 0 Å². The number of carbonyl (C=O) groups is 1. The van der Waals surface area contributed by atoms with Crippen molar-refractivity contribution in [1.82, 2.24) is 4.90 Å². The molecule has 1 aromatic rings. The van der Waals surface area contributed by atoms with Gasteiger partial charge in [0.25, 0.3) is 0 Å². The van der Waals surface area contributed by atoms with Gasteiger partial charge in [0.05, 0.1) is 12.0 Å². The molecule has 1 aromatic carbocycles. The summed E-state index contributed by atoms with van der Waals surface area (Å²) in [5.74, 6) is -0.471. The normalized spacial score (nSPS) is 17.2. The lowest BCUT2D eigenvalue weighted by atomic mass is 9.97. The van der Waals surface area contributed by atoms with Gasteiger partial charge in [-0.3, -0.25) is 4.79 Å². The Morgan fingerprint density at radius 3 is 2.75 bits per heavy atom. The molecular formula is C15H19BrFNO2. The van der Waals surface area contributed by atoms with Gasteiger partial charge in [0, 0.05) is 23.6 Å². The molecular weight excluding hydrogens is 325 g/mol. The van der Waals surface area contributed by atoms with Crippen LogP contribution in [0.1, 0.15) is 37.7 Å². The Kier molecular flexibility index (Phi) is 4.81. The second-order valence-corrected chi connectivity index (χ2v) is 6.51. The fourth-order valence-corrected chi connectivity index (χ4v) is 3.04. The Morgan fingerprint density at radius 2 is 2.10 bits per heavy atom. The number of hydrogen-bond acceptors (Lipinski definition) is 2. The molecule has 0 radical (unpaired) electrons. The molecule has 0 saturated heterocycles. The highest BCUT2D eigenvalue weighted by Gasteiger charge is 2.34. The Hall–Kier alpha value is -0.940. The zero-order chi connectivity index (χ0) is 14.8. The summed E-state index contributed by atoms with van der Waals surface area (Å²) in [5, 5.41) is 10.2. The highest BCUT2D eigenvalue weighted by Crippen LogP contribution is 2.32. The quantitative estimate of drug-likeness (QED) is 0.911. The first-order chi connectivity index (χ1) is 9.39. The molecule has 0 aromatic heterocycles. The molecule has 3 nitrogen and oxygen atoms in total. The molecule has 0 heterocycles. The van der Waals surface area contributed by atoms with Crippen LogP contribution in [0.15, 0.2) is 22.7 Å². The van der Waals surface area contributed by atoms with Crippen molar-refractivity contribution >= 4 is 21.8 Å². The van der Waals surface area contributed by atoms with Gasteiger partial charge in [0.15, 0.2) is 0 Å². The van der Waals surface area contributed by atoms with Crippen molar-refractivity contribution in [3.05, 3.63) is 34.1 Å². The molecule has 110 valence electrons. The van der Waals surface area contributed by atoms with Gasteiger partial charge in [-0.25, -0.2) is 4.39 Å². The van der Waals surface area contributed by atoms with Gasteiger partial charge in [-0.15, -0.1) is 0 Å². The van der Waals surface area contributed by atoms with E-state index in [-0.39, 0.29) is 24.7 Å². The van der Waals surface area contributed by atoms with Crippen LogP contribution in [0.5, 0.6) is 0 Å². The summed E-state index contributed by atoms with van der Waals surface area (Å²) in [6, 6.07) is 4.67. The maximum atomic E-state index is 13.7. The summed E-state index contributed by atoms with van der Waals surface area (Å²) >= 11 is 3.29. The number of amides is 1. The maximum absolute atomic E-state index is 13.7. The molecule has 0 spiro atoms. The van der Waals surface area contributed by atoms with Crippen LogP contribution in [0.4, 0.5) is 4.39 Å². The van der Waals surface area contributed by atoms with Crippen LogP contribution in [0, 0.1) is 5.82 Å². The monoisotopic (exact) mass is 343 g/mol. The average Bonchev–Trinajstić information content (AvgIpc) is 2.80. The van der Waals surface area contributed by atoms with Gasteiger partial charge in [-0.05, 0) is 31.0 Å². The highest BCUT2D eigenvalue weighted by molar-refractivity contribution is 9.10. The van der Waals surface area contributed by atoms with Crippen molar-refractivity contribution in [3.63, 3.8) is 0 Å². The first-order valence-electron chi connectivity index (χ1n) is 6.80. The first-order valence-corrected chi connectivity index (χ1v) is 7.59. The van der Waals surface area contributed by atoms with Crippen molar-refractivity contribution in [3.8, 4) is 0 Å². The SMILES string of the molecule is CN(Cc1cc(Br)ccc1F)C(=O)CC1(O)CCCC1. The average molecular weight is 344 g/mol. The molecule has 1 N–H and O–H groups in total. The van der Waals surface area contributed by atoms with Gasteiger partial charge >= 0.3 is 0 Å². The summed E-state index contributed by atoms with van der Waals surface area (Å²) in [7, 11) is 1.64. The summed E-state index contributed by atoms with van der Waals surface area (Å²) in [4.78, 5) is 13.6. The van der Waals surface area contributed by atoms with E-state index in [2.05, 4.69) is 15.9 Å². The molecule has 2 rings (SSSR count). The lowest BCUT2D eigenvalue weighted by molar-refractivity contribution is -0.135. The molecule has 1 amide bonds. The van der Waals surface area contributed by atoms with Gasteiger partial charge < -0.3 is 10.0 Å². The molecule has 20 heavy (non-hydrogen) atoms. The van der Waals surface area contributed by atoms with Gasteiger partial charge in [0.1, 0.15) is 5.82 Å². The zero-order valence-corrected chi connectivity index (χ0v) is 13.1. The van der Waals surface area contributed by atoms with E-state index >= 15 is 0 Å².